The molecule has 2 amide bonds. The molecule has 0 spiro atoms. The van der Waals surface area contributed by atoms with Crippen LogP contribution in [0.2, 0.25) is 0 Å². The number of carbonyl (C=O) groups is 2. The third-order valence-electron chi connectivity index (χ3n) is 3.87. The van der Waals surface area contributed by atoms with Crippen LogP contribution < -0.4 is 5.32 Å². The number of likely N-dealkylation sites (tertiary alicyclic amines) is 1. The van der Waals surface area contributed by atoms with Crippen molar-refractivity contribution in [3.63, 3.8) is 0 Å². The molecule has 5 nitrogen and oxygen atoms in total. The molecular formula is C16H18N2O3S. The summed E-state index contributed by atoms with van der Waals surface area (Å²) in [6.07, 6.45) is 3.56. The van der Waals surface area contributed by atoms with Crippen molar-refractivity contribution in [3.05, 3.63) is 41.2 Å². The van der Waals surface area contributed by atoms with Crippen molar-refractivity contribution >= 4 is 28.2 Å². The zero-order valence-electron chi connectivity index (χ0n) is 12.4. The van der Waals surface area contributed by atoms with Gasteiger partial charge in [-0.1, -0.05) is 6.92 Å². The lowest BCUT2D eigenvalue weighted by Crippen LogP contribution is -2.37. The van der Waals surface area contributed by atoms with Crippen molar-refractivity contribution in [1.82, 2.24) is 4.90 Å². The second kappa shape index (κ2) is 6.36. The summed E-state index contributed by atoms with van der Waals surface area (Å²) in [5.74, 6) is 0.690. The topological polar surface area (TPSA) is 62.6 Å². The minimum absolute atomic E-state index is 0.0513. The number of nitrogens with zero attached hydrogens (tertiary/aromatic N) is 1. The van der Waals surface area contributed by atoms with E-state index in [1.807, 2.05) is 4.90 Å². The van der Waals surface area contributed by atoms with E-state index in [1.54, 1.807) is 24.3 Å². The second-order valence-corrected chi connectivity index (χ2v) is 6.65. The molecule has 1 aliphatic rings. The standard InChI is InChI=1S/C16H18N2O3S/c1-11-6-8-18(9-7-11)16(20)13-4-5-14(22-13)17-15(19)12-3-2-10-21-12/h2-5,10-11H,6-9H2,1H3,(H,17,19). The number of carbonyl (C=O) groups excluding carboxylic acids is 2. The van der Waals surface area contributed by atoms with Crippen LogP contribution >= 0.6 is 11.3 Å². The number of thiophene rings is 1. The lowest BCUT2D eigenvalue weighted by Gasteiger charge is -2.29. The predicted octanol–water partition coefficient (Wildman–Crippen LogP) is 3.47. The van der Waals surface area contributed by atoms with E-state index < -0.39 is 0 Å². The normalized spacial score (nSPS) is 15.8. The summed E-state index contributed by atoms with van der Waals surface area (Å²) < 4.78 is 5.04. The Morgan fingerprint density at radius 3 is 2.73 bits per heavy atom. The van der Waals surface area contributed by atoms with Gasteiger partial charge in [-0.15, -0.1) is 11.3 Å². The van der Waals surface area contributed by atoms with Crippen molar-refractivity contribution in [3.8, 4) is 0 Å². The molecule has 0 radical (unpaired) electrons. The Morgan fingerprint density at radius 1 is 1.27 bits per heavy atom. The molecule has 3 heterocycles. The summed E-state index contributed by atoms with van der Waals surface area (Å²) in [4.78, 5) is 26.9. The molecule has 1 N–H and O–H groups in total. The highest BCUT2D eigenvalue weighted by Gasteiger charge is 2.22. The quantitative estimate of drug-likeness (QED) is 0.942. The molecule has 2 aromatic rings. The van der Waals surface area contributed by atoms with Crippen LogP contribution in [0.25, 0.3) is 0 Å². The number of hydrogen-bond donors (Lipinski definition) is 1. The van der Waals surface area contributed by atoms with Gasteiger partial charge in [0.15, 0.2) is 5.76 Å². The highest BCUT2D eigenvalue weighted by atomic mass is 32.1. The van der Waals surface area contributed by atoms with E-state index in [0.29, 0.717) is 15.8 Å². The maximum Gasteiger partial charge on any atom is 0.291 e. The van der Waals surface area contributed by atoms with E-state index in [4.69, 9.17) is 4.42 Å². The first kappa shape index (κ1) is 14.8. The van der Waals surface area contributed by atoms with Crippen molar-refractivity contribution in [2.24, 2.45) is 5.92 Å². The Morgan fingerprint density at radius 2 is 2.05 bits per heavy atom. The Kier molecular flexibility index (Phi) is 4.29. The minimum atomic E-state index is -0.308. The Labute approximate surface area is 132 Å². The summed E-state index contributed by atoms with van der Waals surface area (Å²) in [6.45, 7) is 3.84. The number of furan rings is 1. The molecule has 0 atom stereocenters. The smallest absolute Gasteiger partial charge is 0.291 e. The van der Waals surface area contributed by atoms with E-state index >= 15 is 0 Å². The van der Waals surface area contributed by atoms with Gasteiger partial charge in [-0.25, -0.2) is 0 Å². The fourth-order valence-electron chi connectivity index (χ4n) is 2.47. The van der Waals surface area contributed by atoms with Crippen molar-refractivity contribution in [1.29, 1.82) is 0 Å². The van der Waals surface area contributed by atoms with Gasteiger partial charge in [0.05, 0.1) is 16.1 Å². The van der Waals surface area contributed by atoms with E-state index in [2.05, 4.69) is 12.2 Å². The number of rotatable bonds is 3. The van der Waals surface area contributed by atoms with Gasteiger partial charge in [-0.2, -0.15) is 0 Å². The molecule has 0 aromatic carbocycles. The van der Waals surface area contributed by atoms with Gasteiger partial charge < -0.3 is 14.6 Å². The molecular weight excluding hydrogens is 300 g/mol. The zero-order chi connectivity index (χ0) is 15.5. The number of anilines is 1. The van der Waals surface area contributed by atoms with Crippen molar-refractivity contribution in [2.75, 3.05) is 18.4 Å². The predicted molar refractivity (Wildman–Crippen MR) is 85.3 cm³/mol. The molecule has 3 rings (SSSR count). The fourth-order valence-corrected chi connectivity index (χ4v) is 3.34. The molecule has 0 bridgehead atoms. The van der Waals surface area contributed by atoms with Crippen LogP contribution in [0, 0.1) is 5.92 Å². The summed E-state index contributed by atoms with van der Waals surface area (Å²) in [5.41, 5.74) is 0. The summed E-state index contributed by atoms with van der Waals surface area (Å²) in [5, 5.41) is 3.39. The summed E-state index contributed by atoms with van der Waals surface area (Å²) in [7, 11) is 0. The van der Waals surface area contributed by atoms with Gasteiger partial charge in [0.1, 0.15) is 0 Å². The molecule has 116 valence electrons. The average molecular weight is 318 g/mol. The number of piperidine rings is 1. The van der Waals surface area contributed by atoms with Gasteiger partial charge in [0.2, 0.25) is 0 Å². The highest BCUT2D eigenvalue weighted by Crippen LogP contribution is 2.26. The van der Waals surface area contributed by atoms with Crippen molar-refractivity contribution < 1.29 is 14.0 Å². The molecule has 22 heavy (non-hydrogen) atoms. The van der Waals surface area contributed by atoms with E-state index in [9.17, 15) is 9.59 Å². The van der Waals surface area contributed by atoms with Crippen LogP contribution in [-0.2, 0) is 0 Å². The fraction of sp³-hybridized carbons (Fsp3) is 0.375. The number of amides is 2. The summed E-state index contributed by atoms with van der Waals surface area (Å²) in [6, 6.07) is 6.79. The highest BCUT2D eigenvalue weighted by molar-refractivity contribution is 7.18. The monoisotopic (exact) mass is 318 g/mol. The molecule has 0 aliphatic carbocycles. The first-order chi connectivity index (χ1) is 10.6. The number of hydrogen-bond acceptors (Lipinski definition) is 4. The molecule has 1 fully saturated rings. The van der Waals surface area contributed by atoms with E-state index in [0.717, 1.165) is 25.9 Å². The lowest BCUT2D eigenvalue weighted by molar-refractivity contribution is 0.0702. The van der Waals surface area contributed by atoms with Crippen molar-refractivity contribution in [2.45, 2.75) is 19.8 Å². The molecule has 1 saturated heterocycles. The van der Waals surface area contributed by atoms with Crippen LogP contribution in [0.3, 0.4) is 0 Å². The Balaban J connectivity index is 1.63. The minimum Gasteiger partial charge on any atom is -0.459 e. The van der Waals surface area contributed by atoms with Gasteiger partial charge >= 0.3 is 0 Å². The van der Waals surface area contributed by atoms with Crippen LogP contribution in [0.1, 0.15) is 40.0 Å². The van der Waals surface area contributed by atoms with Crippen LogP contribution in [-0.4, -0.2) is 29.8 Å². The average Bonchev–Trinajstić information content (AvgIpc) is 3.19. The molecule has 0 saturated carbocycles. The van der Waals surface area contributed by atoms with Gasteiger partial charge in [0.25, 0.3) is 11.8 Å². The third kappa shape index (κ3) is 3.22. The summed E-state index contributed by atoms with van der Waals surface area (Å²) >= 11 is 1.30. The van der Waals surface area contributed by atoms with Gasteiger partial charge in [-0.05, 0) is 43.0 Å². The van der Waals surface area contributed by atoms with E-state index in [-0.39, 0.29) is 17.6 Å². The molecule has 1 aliphatic heterocycles. The molecule has 2 aromatic heterocycles. The maximum absolute atomic E-state index is 12.4. The van der Waals surface area contributed by atoms with E-state index in [1.165, 1.54) is 17.6 Å². The zero-order valence-corrected chi connectivity index (χ0v) is 13.2. The van der Waals surface area contributed by atoms with Gasteiger partial charge in [-0.3, -0.25) is 9.59 Å². The Hall–Kier alpha value is -2.08. The maximum atomic E-state index is 12.4. The lowest BCUT2D eigenvalue weighted by atomic mass is 9.99. The Bertz CT molecular complexity index is 655. The number of nitrogens with one attached hydrogen (secondary N) is 1. The largest absolute Gasteiger partial charge is 0.459 e. The van der Waals surface area contributed by atoms with Crippen LogP contribution in [0.5, 0.6) is 0 Å². The third-order valence-corrected chi connectivity index (χ3v) is 4.86. The SMILES string of the molecule is CC1CCN(C(=O)c2ccc(NC(=O)c3ccco3)s2)CC1. The van der Waals surface area contributed by atoms with Gasteiger partial charge in [0, 0.05) is 13.1 Å². The molecule has 0 unspecified atom stereocenters. The van der Waals surface area contributed by atoms with Crippen LogP contribution in [0.4, 0.5) is 5.00 Å². The van der Waals surface area contributed by atoms with Crippen LogP contribution in [0.15, 0.2) is 34.9 Å². The molecule has 6 heteroatoms. The first-order valence-electron chi connectivity index (χ1n) is 7.37. The first-order valence-corrected chi connectivity index (χ1v) is 8.19. The second-order valence-electron chi connectivity index (χ2n) is 5.57.